The molecule has 0 atom stereocenters. The van der Waals surface area contributed by atoms with Crippen LogP contribution in [0.15, 0.2) is 120 Å². The fraction of sp³-hybridized carbons (Fsp3) is 0.263. The Hall–Kier alpha value is -2.74. The lowest BCUT2D eigenvalue weighted by atomic mass is 10.1. The summed E-state index contributed by atoms with van der Waals surface area (Å²) in [4.78, 5) is 44.1. The lowest BCUT2D eigenvalue weighted by molar-refractivity contribution is 0.0557. The number of thioether (sulfide) groups is 2. The van der Waals surface area contributed by atoms with Gasteiger partial charge in [-0.3, -0.25) is 14.1 Å². The first-order valence-corrected chi connectivity index (χ1v) is 25.5. The molecule has 0 saturated heterocycles. The molecule has 0 unspecified atom stereocenters. The van der Waals surface area contributed by atoms with Gasteiger partial charge in [0.1, 0.15) is 0 Å². The van der Waals surface area contributed by atoms with E-state index < -0.39 is 37.6 Å². The van der Waals surface area contributed by atoms with Crippen molar-refractivity contribution in [1.29, 1.82) is 0 Å². The van der Waals surface area contributed by atoms with Crippen LogP contribution in [0.2, 0.25) is 0 Å². The molecular formula is C38H36Br2F4N4O7P2S3. The maximum absolute atomic E-state index is 13.9. The average molecular weight is 1050 g/mol. The minimum Gasteiger partial charge on any atom is -0.411 e. The summed E-state index contributed by atoms with van der Waals surface area (Å²) in [6, 6.07) is 21.6. The molecule has 3 aromatic carbocycles. The fourth-order valence-corrected chi connectivity index (χ4v) is 10.7. The summed E-state index contributed by atoms with van der Waals surface area (Å²) in [6.07, 6.45) is 8.03. The van der Waals surface area contributed by atoms with E-state index in [1.165, 1.54) is 36.0 Å². The Bertz CT molecular complexity index is 2260. The van der Waals surface area contributed by atoms with Gasteiger partial charge in [0, 0.05) is 60.5 Å². The number of alkyl halides is 4. The first kappa shape index (κ1) is 48.3. The summed E-state index contributed by atoms with van der Waals surface area (Å²) in [7, 11) is -11.2. The number of aryl methyl sites for hydroxylation is 2. The molecule has 3 aromatic heterocycles. The van der Waals surface area contributed by atoms with Crippen molar-refractivity contribution in [3.05, 3.63) is 128 Å². The van der Waals surface area contributed by atoms with E-state index in [0.717, 1.165) is 81.6 Å². The predicted molar refractivity (Wildman–Crippen MR) is 233 cm³/mol. The van der Waals surface area contributed by atoms with Crippen molar-refractivity contribution in [2.24, 2.45) is 0 Å². The SMILES string of the molecule is O=P(O)(O)C(F)(F)c1ccc(CCCCSc2nc(-c3ccccc3)cs2)cc1Br.O=P(O)(O)C(F)(F)c1ccc(CCCCSc2nnc(-c3ccncc3)o2)cc1Br. The van der Waals surface area contributed by atoms with E-state index >= 15 is 0 Å². The molecule has 0 amide bonds. The normalized spacial score (nSPS) is 12.3. The zero-order valence-electron chi connectivity index (χ0n) is 31.1. The lowest BCUT2D eigenvalue weighted by Gasteiger charge is -2.19. The van der Waals surface area contributed by atoms with Crippen molar-refractivity contribution in [2.45, 2.75) is 59.4 Å². The molecule has 60 heavy (non-hydrogen) atoms. The van der Waals surface area contributed by atoms with E-state index in [0.29, 0.717) is 24.0 Å². The van der Waals surface area contributed by atoms with Gasteiger partial charge in [0.25, 0.3) is 5.22 Å². The van der Waals surface area contributed by atoms with Gasteiger partial charge in [0.05, 0.1) is 5.69 Å². The summed E-state index contributed by atoms with van der Waals surface area (Å²) in [5, 5.41) is 10.5. The second-order valence-electron chi connectivity index (χ2n) is 12.9. The predicted octanol–water partition coefficient (Wildman–Crippen LogP) is 12.2. The third-order valence-electron chi connectivity index (χ3n) is 8.50. The van der Waals surface area contributed by atoms with Gasteiger partial charge in [-0.1, -0.05) is 110 Å². The highest BCUT2D eigenvalue weighted by Crippen LogP contribution is 2.61. The first-order chi connectivity index (χ1) is 28.4. The number of halogens is 6. The molecule has 0 aliphatic heterocycles. The van der Waals surface area contributed by atoms with Crippen molar-refractivity contribution < 1.29 is 50.7 Å². The number of unbranched alkanes of at least 4 members (excludes halogenated alkanes) is 2. The summed E-state index contributed by atoms with van der Waals surface area (Å²) in [6.45, 7) is 0. The number of pyridine rings is 1. The highest BCUT2D eigenvalue weighted by Gasteiger charge is 2.52. The van der Waals surface area contributed by atoms with Crippen molar-refractivity contribution in [3.8, 4) is 22.7 Å². The standard InChI is InChI=1S/C20H19BrF2NO3PS2.C18H17BrF2N3O4PS/c21-17-12-14(9-10-16(17)20(22,23)28(25,26)27)6-4-5-11-29-19-24-18(13-30-19)15-7-2-1-3-8-15;19-15-11-12(4-5-14(15)18(20,21)29(25,26)27)3-1-2-10-30-17-24-23-16(28-17)13-6-8-22-9-7-13/h1-3,7-10,12-13H,4-6,11H2,(H2,25,26,27);4-9,11H,1-3,10H2,(H2,25,26,27). The Morgan fingerprint density at radius 3 is 1.73 bits per heavy atom. The molecule has 320 valence electrons. The third-order valence-corrected chi connectivity index (χ3v) is 14.8. The summed E-state index contributed by atoms with van der Waals surface area (Å²) in [5.74, 6) is 2.07. The van der Waals surface area contributed by atoms with Gasteiger partial charge in [-0.25, -0.2) is 4.98 Å². The van der Waals surface area contributed by atoms with Gasteiger partial charge in [0.15, 0.2) is 4.34 Å². The molecule has 0 spiro atoms. The lowest BCUT2D eigenvalue weighted by Crippen LogP contribution is -2.14. The third kappa shape index (κ3) is 13.1. The highest BCUT2D eigenvalue weighted by molar-refractivity contribution is 9.10. The molecule has 0 aliphatic carbocycles. The minimum absolute atomic E-state index is 0.000994. The van der Waals surface area contributed by atoms with Crippen LogP contribution in [0.25, 0.3) is 22.7 Å². The van der Waals surface area contributed by atoms with Crippen LogP contribution in [0.4, 0.5) is 17.6 Å². The average Bonchev–Trinajstić information content (AvgIpc) is 3.88. The largest absolute Gasteiger partial charge is 0.411 e. The zero-order valence-corrected chi connectivity index (χ0v) is 38.5. The summed E-state index contributed by atoms with van der Waals surface area (Å²) < 4.78 is 84.1. The number of nitrogens with zero attached hydrogens (tertiary/aromatic N) is 4. The van der Waals surface area contributed by atoms with Crippen molar-refractivity contribution >= 4 is 81.9 Å². The van der Waals surface area contributed by atoms with Crippen molar-refractivity contribution in [1.82, 2.24) is 20.2 Å². The molecule has 22 heteroatoms. The molecule has 6 aromatic rings. The Morgan fingerprint density at radius 2 is 1.22 bits per heavy atom. The number of benzene rings is 3. The molecule has 3 heterocycles. The minimum atomic E-state index is -5.60. The van der Waals surface area contributed by atoms with Crippen LogP contribution in [0.5, 0.6) is 0 Å². The van der Waals surface area contributed by atoms with Crippen LogP contribution in [0.1, 0.15) is 47.9 Å². The van der Waals surface area contributed by atoms with Crippen LogP contribution < -0.4 is 0 Å². The van der Waals surface area contributed by atoms with Crippen molar-refractivity contribution in [2.75, 3.05) is 11.5 Å². The van der Waals surface area contributed by atoms with Gasteiger partial charge >= 0.3 is 26.5 Å². The number of rotatable bonds is 18. The molecule has 0 saturated carbocycles. The fourth-order valence-electron chi connectivity index (χ4n) is 5.36. The Balaban J connectivity index is 0.000000228. The van der Waals surface area contributed by atoms with Crippen LogP contribution >= 0.6 is 81.9 Å². The number of hydrogen-bond acceptors (Lipinski definition) is 10. The summed E-state index contributed by atoms with van der Waals surface area (Å²) in [5.41, 5.74) is -5.40. The van der Waals surface area contributed by atoms with Gasteiger partial charge in [0.2, 0.25) is 5.89 Å². The van der Waals surface area contributed by atoms with E-state index in [4.69, 9.17) is 24.0 Å². The van der Waals surface area contributed by atoms with E-state index in [9.17, 15) is 26.7 Å². The first-order valence-electron chi connectivity index (χ1n) is 17.8. The van der Waals surface area contributed by atoms with E-state index in [1.54, 1.807) is 47.6 Å². The van der Waals surface area contributed by atoms with E-state index in [-0.39, 0.29) is 8.95 Å². The molecule has 6 rings (SSSR count). The molecular weight excluding hydrogens is 1020 g/mol. The van der Waals surface area contributed by atoms with Crippen molar-refractivity contribution in [3.63, 3.8) is 0 Å². The van der Waals surface area contributed by atoms with Crippen LogP contribution in [-0.4, -0.2) is 51.2 Å². The van der Waals surface area contributed by atoms with Gasteiger partial charge in [-0.2, -0.15) is 17.6 Å². The molecule has 0 bridgehead atoms. The van der Waals surface area contributed by atoms with Gasteiger partial charge in [-0.05, 0) is 73.9 Å². The van der Waals surface area contributed by atoms with Crippen LogP contribution in [-0.2, 0) is 33.3 Å². The molecule has 0 radical (unpaired) electrons. The monoisotopic (exact) mass is 1050 g/mol. The topological polar surface area (TPSA) is 180 Å². The maximum Gasteiger partial charge on any atom is 0.399 e. The molecule has 11 nitrogen and oxygen atoms in total. The second kappa shape index (κ2) is 21.6. The maximum atomic E-state index is 13.9. The molecule has 0 fully saturated rings. The Labute approximate surface area is 371 Å². The quantitative estimate of drug-likeness (QED) is 0.0277. The van der Waals surface area contributed by atoms with Crippen LogP contribution in [0, 0.1) is 0 Å². The second-order valence-corrected chi connectivity index (χ2v) is 21.1. The Morgan fingerprint density at radius 1 is 0.683 bits per heavy atom. The van der Waals surface area contributed by atoms with Crippen LogP contribution in [0.3, 0.4) is 0 Å². The Kier molecular flexibility index (Phi) is 17.4. The smallest absolute Gasteiger partial charge is 0.399 e. The molecule has 0 aliphatic rings. The van der Waals surface area contributed by atoms with Gasteiger partial charge < -0.3 is 24.0 Å². The van der Waals surface area contributed by atoms with Gasteiger partial charge in [-0.15, -0.1) is 21.5 Å². The highest BCUT2D eigenvalue weighted by atomic mass is 79.9. The summed E-state index contributed by atoms with van der Waals surface area (Å²) >= 11 is 10.8. The van der Waals surface area contributed by atoms with E-state index in [1.807, 2.05) is 35.7 Å². The van der Waals surface area contributed by atoms with E-state index in [2.05, 4.69) is 52.0 Å². The number of hydrogen-bond donors (Lipinski definition) is 4. The molecule has 4 N–H and O–H groups in total. The number of aromatic nitrogens is 4. The number of thiazole rings is 1. The zero-order chi connectivity index (χ0) is 43.6.